The molecule has 0 radical (unpaired) electrons. The molecule has 2 unspecified atom stereocenters. The number of likely N-dealkylation sites (N-methyl/N-ethyl adjacent to an activating group) is 1. The fourth-order valence-electron chi connectivity index (χ4n) is 2.61. The zero-order valence-corrected chi connectivity index (χ0v) is 12.7. The first-order valence-electron chi connectivity index (χ1n) is 6.69. The second-order valence-corrected chi connectivity index (χ2v) is 5.76. The second kappa shape index (κ2) is 7.67. The largest absolute Gasteiger partial charge is 0.301 e. The monoisotopic (exact) mass is 290 g/mol. The Balaban J connectivity index is 2.36. The molecule has 1 saturated heterocycles. The lowest BCUT2D eigenvalue weighted by Gasteiger charge is -2.40. The molecule has 0 aromatic carbocycles. The Morgan fingerprint density at radius 3 is 2.62 bits per heavy atom. The van der Waals surface area contributed by atoms with E-state index in [4.69, 9.17) is 0 Å². The van der Waals surface area contributed by atoms with Crippen molar-refractivity contribution >= 4 is 15.9 Å². The van der Waals surface area contributed by atoms with Crippen LogP contribution in [0, 0.1) is 5.92 Å². The molecule has 1 aliphatic heterocycles. The smallest absolute Gasteiger partial charge is 0.0218 e. The van der Waals surface area contributed by atoms with Gasteiger partial charge in [-0.1, -0.05) is 36.2 Å². The van der Waals surface area contributed by atoms with Gasteiger partial charge >= 0.3 is 0 Å². The fourth-order valence-corrected chi connectivity index (χ4v) is 3.14. The van der Waals surface area contributed by atoms with Gasteiger partial charge in [-0.15, -0.1) is 0 Å². The number of halogens is 1. The minimum Gasteiger partial charge on any atom is -0.301 e. The summed E-state index contributed by atoms with van der Waals surface area (Å²) in [7, 11) is 2.26. The summed E-state index contributed by atoms with van der Waals surface area (Å²) in [6, 6.07) is 0.770. The topological polar surface area (TPSA) is 6.48 Å². The predicted octanol–water partition coefficient (Wildman–Crippen LogP) is 2.82. The summed E-state index contributed by atoms with van der Waals surface area (Å²) in [6.07, 6.45) is 3.94. The van der Waals surface area contributed by atoms with Gasteiger partial charge < -0.3 is 9.80 Å². The fraction of sp³-hybridized carbons (Fsp3) is 1.00. The molecule has 0 aromatic heterocycles. The number of alkyl halides is 1. The Hall–Kier alpha value is 0.400. The van der Waals surface area contributed by atoms with Gasteiger partial charge in [0.15, 0.2) is 0 Å². The Morgan fingerprint density at radius 2 is 2.06 bits per heavy atom. The first-order valence-corrected chi connectivity index (χ1v) is 7.81. The van der Waals surface area contributed by atoms with Crippen molar-refractivity contribution in [3.05, 3.63) is 0 Å². The molecule has 1 rings (SSSR count). The summed E-state index contributed by atoms with van der Waals surface area (Å²) >= 11 is 3.65. The number of nitrogens with zero attached hydrogens (tertiary/aromatic N) is 2. The van der Waals surface area contributed by atoms with E-state index in [1.54, 1.807) is 0 Å². The average molecular weight is 291 g/mol. The van der Waals surface area contributed by atoms with Gasteiger partial charge in [0.05, 0.1) is 0 Å². The highest BCUT2D eigenvalue weighted by Gasteiger charge is 2.24. The van der Waals surface area contributed by atoms with Crippen LogP contribution in [0.25, 0.3) is 0 Å². The van der Waals surface area contributed by atoms with Crippen LogP contribution in [-0.4, -0.2) is 54.4 Å². The lowest BCUT2D eigenvalue weighted by atomic mass is 10.0. The summed E-state index contributed by atoms with van der Waals surface area (Å²) in [4.78, 5) is 5.18. The van der Waals surface area contributed by atoms with E-state index in [0.717, 1.165) is 17.3 Å². The quantitative estimate of drug-likeness (QED) is 0.694. The SMILES string of the molecule is CCCC(CBr)CN1CCN(C)C(CC)C1. The third kappa shape index (κ3) is 4.34. The van der Waals surface area contributed by atoms with E-state index in [1.807, 2.05) is 0 Å². The van der Waals surface area contributed by atoms with Crippen molar-refractivity contribution in [1.82, 2.24) is 9.80 Å². The third-order valence-electron chi connectivity index (χ3n) is 3.76. The van der Waals surface area contributed by atoms with E-state index in [0.29, 0.717) is 0 Å². The van der Waals surface area contributed by atoms with Gasteiger partial charge in [-0.05, 0) is 25.8 Å². The molecule has 0 N–H and O–H groups in total. The molecule has 3 heteroatoms. The van der Waals surface area contributed by atoms with E-state index in [2.05, 4.69) is 46.6 Å². The molecule has 2 nitrogen and oxygen atoms in total. The van der Waals surface area contributed by atoms with Crippen LogP contribution < -0.4 is 0 Å². The lowest BCUT2D eigenvalue weighted by Crippen LogP contribution is -2.52. The first-order chi connectivity index (χ1) is 7.71. The average Bonchev–Trinajstić information content (AvgIpc) is 2.30. The summed E-state index contributed by atoms with van der Waals surface area (Å²) in [5.74, 6) is 0.839. The van der Waals surface area contributed by atoms with Crippen molar-refractivity contribution in [2.24, 2.45) is 5.92 Å². The van der Waals surface area contributed by atoms with Gasteiger partial charge in [-0.3, -0.25) is 0 Å². The van der Waals surface area contributed by atoms with Crippen molar-refractivity contribution in [2.75, 3.05) is 38.6 Å². The normalized spacial score (nSPS) is 25.9. The Labute approximate surface area is 109 Å². The van der Waals surface area contributed by atoms with Crippen molar-refractivity contribution in [3.8, 4) is 0 Å². The molecule has 0 aromatic rings. The van der Waals surface area contributed by atoms with Gasteiger partial charge in [0.2, 0.25) is 0 Å². The summed E-state index contributed by atoms with van der Waals surface area (Å²) < 4.78 is 0. The molecule has 0 spiro atoms. The molecule has 0 bridgehead atoms. The molecule has 1 fully saturated rings. The summed E-state index contributed by atoms with van der Waals surface area (Å²) in [5, 5.41) is 1.16. The Bertz CT molecular complexity index is 187. The molecule has 96 valence electrons. The highest BCUT2D eigenvalue weighted by atomic mass is 79.9. The van der Waals surface area contributed by atoms with Gasteiger partial charge in [0.1, 0.15) is 0 Å². The van der Waals surface area contributed by atoms with E-state index < -0.39 is 0 Å². The lowest BCUT2D eigenvalue weighted by molar-refractivity contribution is 0.0830. The highest BCUT2D eigenvalue weighted by Crippen LogP contribution is 2.16. The van der Waals surface area contributed by atoms with Crippen LogP contribution in [0.2, 0.25) is 0 Å². The molecule has 0 saturated carbocycles. The van der Waals surface area contributed by atoms with Crippen LogP contribution in [0.4, 0.5) is 0 Å². The summed E-state index contributed by atoms with van der Waals surface area (Å²) in [6.45, 7) is 9.62. The standard InChI is InChI=1S/C13H27BrN2/c1-4-6-12(9-14)10-16-8-7-15(3)13(5-2)11-16/h12-13H,4-11H2,1-3H3. The third-order valence-corrected chi connectivity index (χ3v) is 4.68. The second-order valence-electron chi connectivity index (χ2n) is 5.11. The predicted molar refractivity (Wildman–Crippen MR) is 75.3 cm³/mol. The Morgan fingerprint density at radius 1 is 1.31 bits per heavy atom. The van der Waals surface area contributed by atoms with E-state index in [1.165, 1.54) is 45.4 Å². The van der Waals surface area contributed by atoms with Crippen LogP contribution >= 0.6 is 15.9 Å². The van der Waals surface area contributed by atoms with Gasteiger partial charge in [-0.2, -0.15) is 0 Å². The van der Waals surface area contributed by atoms with Gasteiger partial charge in [0.25, 0.3) is 0 Å². The van der Waals surface area contributed by atoms with Crippen LogP contribution in [0.3, 0.4) is 0 Å². The highest BCUT2D eigenvalue weighted by molar-refractivity contribution is 9.09. The number of hydrogen-bond donors (Lipinski definition) is 0. The van der Waals surface area contributed by atoms with Crippen molar-refractivity contribution in [2.45, 2.75) is 39.2 Å². The van der Waals surface area contributed by atoms with E-state index in [9.17, 15) is 0 Å². The number of hydrogen-bond acceptors (Lipinski definition) is 2. The summed E-state index contributed by atoms with van der Waals surface area (Å²) in [5.41, 5.74) is 0. The van der Waals surface area contributed by atoms with E-state index >= 15 is 0 Å². The first kappa shape index (κ1) is 14.5. The van der Waals surface area contributed by atoms with Crippen LogP contribution in [-0.2, 0) is 0 Å². The number of rotatable bonds is 6. The molecule has 1 aliphatic rings. The maximum atomic E-state index is 3.65. The van der Waals surface area contributed by atoms with Crippen LogP contribution in [0.5, 0.6) is 0 Å². The molecular formula is C13H27BrN2. The van der Waals surface area contributed by atoms with Gasteiger partial charge in [0, 0.05) is 37.6 Å². The van der Waals surface area contributed by atoms with E-state index in [-0.39, 0.29) is 0 Å². The molecular weight excluding hydrogens is 264 g/mol. The van der Waals surface area contributed by atoms with Crippen molar-refractivity contribution < 1.29 is 0 Å². The maximum absolute atomic E-state index is 3.65. The van der Waals surface area contributed by atoms with Crippen molar-refractivity contribution in [3.63, 3.8) is 0 Å². The Kier molecular flexibility index (Phi) is 6.94. The van der Waals surface area contributed by atoms with Gasteiger partial charge in [-0.25, -0.2) is 0 Å². The van der Waals surface area contributed by atoms with Crippen molar-refractivity contribution in [1.29, 1.82) is 0 Å². The molecule has 0 aliphatic carbocycles. The zero-order chi connectivity index (χ0) is 12.0. The maximum Gasteiger partial charge on any atom is 0.0218 e. The zero-order valence-electron chi connectivity index (χ0n) is 11.1. The van der Waals surface area contributed by atoms with Crippen LogP contribution in [0.1, 0.15) is 33.1 Å². The minimum absolute atomic E-state index is 0.770. The number of piperazine rings is 1. The molecule has 1 heterocycles. The molecule has 16 heavy (non-hydrogen) atoms. The van der Waals surface area contributed by atoms with Crippen LogP contribution in [0.15, 0.2) is 0 Å². The molecule has 0 amide bonds. The minimum atomic E-state index is 0.770. The molecule has 2 atom stereocenters.